The van der Waals surface area contributed by atoms with Crippen LogP contribution in [0.15, 0.2) is 18.5 Å². The van der Waals surface area contributed by atoms with Crippen molar-refractivity contribution in [3.05, 3.63) is 29.7 Å². The Morgan fingerprint density at radius 3 is 2.52 bits per heavy atom. The molecule has 25 heavy (non-hydrogen) atoms. The summed E-state index contributed by atoms with van der Waals surface area (Å²) in [6, 6.07) is 1.79. The van der Waals surface area contributed by atoms with E-state index in [9.17, 15) is 0 Å². The van der Waals surface area contributed by atoms with Crippen LogP contribution in [-0.2, 0) is 4.74 Å². The van der Waals surface area contributed by atoms with Gasteiger partial charge in [-0.15, -0.1) is 0 Å². The molecule has 7 nitrogen and oxygen atoms in total. The van der Waals surface area contributed by atoms with Gasteiger partial charge in [0.1, 0.15) is 5.82 Å². The van der Waals surface area contributed by atoms with Gasteiger partial charge < -0.3 is 15.0 Å². The van der Waals surface area contributed by atoms with Gasteiger partial charge in [-0.2, -0.15) is 0 Å². The zero-order chi connectivity index (χ0) is 17.6. The molecule has 1 N–H and O–H groups in total. The summed E-state index contributed by atoms with van der Waals surface area (Å²) in [6.45, 7) is 8.05. The zero-order valence-corrected chi connectivity index (χ0v) is 15.2. The van der Waals surface area contributed by atoms with E-state index in [0.29, 0.717) is 17.8 Å². The summed E-state index contributed by atoms with van der Waals surface area (Å²) in [5.41, 5.74) is 2.01. The first-order valence-electron chi connectivity index (χ1n) is 8.79. The van der Waals surface area contributed by atoms with Crippen molar-refractivity contribution in [3.63, 3.8) is 0 Å². The quantitative estimate of drug-likeness (QED) is 0.861. The smallest absolute Gasteiger partial charge is 0.199 e. The Balaban J connectivity index is 1.61. The van der Waals surface area contributed by atoms with E-state index in [1.54, 1.807) is 25.6 Å². The van der Waals surface area contributed by atoms with Crippen molar-refractivity contribution in [1.82, 2.24) is 24.8 Å². The topological polar surface area (TPSA) is 76.1 Å². The summed E-state index contributed by atoms with van der Waals surface area (Å²) in [5.74, 6) is 1.98. The molecule has 1 aliphatic rings. The number of rotatable bonds is 6. The number of anilines is 1. The van der Waals surface area contributed by atoms with Gasteiger partial charge in [-0.3, -0.25) is 0 Å². The molecular formula is C18H26N6O. The number of methoxy groups -OCH3 is 1. The predicted octanol–water partition coefficient (Wildman–Crippen LogP) is 2.07. The number of aromatic nitrogens is 4. The molecule has 1 fully saturated rings. The van der Waals surface area contributed by atoms with E-state index in [1.165, 1.54) is 0 Å². The molecule has 0 amide bonds. The molecule has 0 aromatic carbocycles. The third kappa shape index (κ3) is 4.49. The van der Waals surface area contributed by atoms with Gasteiger partial charge in [-0.05, 0) is 32.8 Å². The molecule has 3 rings (SSSR count). The van der Waals surface area contributed by atoms with Crippen molar-refractivity contribution < 1.29 is 4.74 Å². The van der Waals surface area contributed by atoms with Crippen molar-refractivity contribution in [2.45, 2.75) is 32.8 Å². The summed E-state index contributed by atoms with van der Waals surface area (Å²) in [6.07, 6.45) is 6.05. The van der Waals surface area contributed by atoms with Crippen LogP contribution in [0.2, 0.25) is 0 Å². The largest absolute Gasteiger partial charge is 0.381 e. The van der Waals surface area contributed by atoms with Crippen LogP contribution in [0.25, 0.3) is 11.6 Å². The van der Waals surface area contributed by atoms with Crippen LogP contribution in [-0.4, -0.2) is 64.2 Å². The fourth-order valence-electron chi connectivity index (χ4n) is 3.02. The molecule has 2 aromatic rings. The number of piperidine rings is 1. The number of likely N-dealkylation sites (tertiary alicyclic amines) is 1. The highest BCUT2D eigenvalue weighted by molar-refractivity contribution is 5.53. The standard InChI is InChI=1S/C18H26N6O/c1-13-14(2)22-18(17-19-7-4-8-20-17)23-16(13)21-9-12-24-10-5-15(25-3)6-11-24/h4,7-8,15H,5-6,9-12H2,1-3H3,(H,21,22,23). The summed E-state index contributed by atoms with van der Waals surface area (Å²) >= 11 is 0. The van der Waals surface area contributed by atoms with E-state index in [-0.39, 0.29) is 0 Å². The van der Waals surface area contributed by atoms with Gasteiger partial charge in [0.15, 0.2) is 11.6 Å². The van der Waals surface area contributed by atoms with Gasteiger partial charge in [-0.1, -0.05) is 0 Å². The number of nitrogens with one attached hydrogen (secondary N) is 1. The highest BCUT2D eigenvalue weighted by Crippen LogP contribution is 2.19. The number of nitrogens with zero attached hydrogens (tertiary/aromatic N) is 5. The van der Waals surface area contributed by atoms with Crippen LogP contribution in [0.4, 0.5) is 5.82 Å². The SMILES string of the molecule is COC1CCN(CCNc2nc(-c3ncccn3)nc(C)c2C)CC1. The van der Waals surface area contributed by atoms with Crippen molar-refractivity contribution in [1.29, 1.82) is 0 Å². The lowest BCUT2D eigenvalue weighted by Crippen LogP contribution is -2.39. The van der Waals surface area contributed by atoms with Crippen LogP contribution in [0, 0.1) is 13.8 Å². The second-order valence-electron chi connectivity index (χ2n) is 6.38. The Morgan fingerprint density at radius 1 is 1.12 bits per heavy atom. The third-order valence-electron chi connectivity index (χ3n) is 4.74. The highest BCUT2D eigenvalue weighted by atomic mass is 16.5. The van der Waals surface area contributed by atoms with Crippen molar-refractivity contribution in [3.8, 4) is 11.6 Å². The summed E-state index contributed by atoms with van der Waals surface area (Å²) in [4.78, 5) is 20.1. The molecule has 7 heteroatoms. The molecule has 0 spiro atoms. The van der Waals surface area contributed by atoms with Gasteiger partial charge in [0.25, 0.3) is 0 Å². The first kappa shape index (κ1) is 17.7. The van der Waals surface area contributed by atoms with E-state index >= 15 is 0 Å². The van der Waals surface area contributed by atoms with E-state index < -0.39 is 0 Å². The number of hydrogen-bond donors (Lipinski definition) is 1. The first-order chi connectivity index (χ1) is 12.2. The van der Waals surface area contributed by atoms with E-state index in [1.807, 2.05) is 13.8 Å². The molecule has 0 saturated carbocycles. The van der Waals surface area contributed by atoms with Crippen molar-refractivity contribution >= 4 is 5.82 Å². The maximum absolute atomic E-state index is 5.43. The van der Waals surface area contributed by atoms with Crippen LogP contribution < -0.4 is 5.32 Å². The minimum Gasteiger partial charge on any atom is -0.381 e. The van der Waals surface area contributed by atoms with Crippen molar-refractivity contribution in [2.75, 3.05) is 38.6 Å². The molecule has 0 unspecified atom stereocenters. The number of hydrogen-bond acceptors (Lipinski definition) is 7. The van der Waals surface area contributed by atoms with Crippen LogP contribution in [0.3, 0.4) is 0 Å². The van der Waals surface area contributed by atoms with Gasteiger partial charge in [-0.25, -0.2) is 19.9 Å². The Bertz CT molecular complexity index is 685. The van der Waals surface area contributed by atoms with E-state index in [2.05, 4.69) is 30.2 Å². The van der Waals surface area contributed by atoms with Gasteiger partial charge >= 0.3 is 0 Å². The van der Waals surface area contributed by atoms with E-state index in [4.69, 9.17) is 4.74 Å². The second kappa shape index (κ2) is 8.31. The normalized spacial score (nSPS) is 16.1. The number of ether oxygens (including phenoxy) is 1. The fraction of sp³-hybridized carbons (Fsp3) is 0.556. The molecule has 2 aromatic heterocycles. The predicted molar refractivity (Wildman–Crippen MR) is 97.5 cm³/mol. The Labute approximate surface area is 148 Å². The average molecular weight is 342 g/mol. The Kier molecular flexibility index (Phi) is 5.88. The van der Waals surface area contributed by atoms with E-state index in [0.717, 1.165) is 56.1 Å². The van der Waals surface area contributed by atoms with Crippen molar-refractivity contribution in [2.24, 2.45) is 0 Å². The second-order valence-corrected chi connectivity index (χ2v) is 6.38. The average Bonchev–Trinajstić information content (AvgIpc) is 2.66. The Morgan fingerprint density at radius 2 is 1.84 bits per heavy atom. The molecule has 134 valence electrons. The minimum atomic E-state index is 0.421. The van der Waals surface area contributed by atoms with Gasteiger partial charge in [0, 0.05) is 56.9 Å². The number of aryl methyl sites for hydroxylation is 1. The molecule has 0 atom stereocenters. The third-order valence-corrected chi connectivity index (χ3v) is 4.74. The van der Waals surface area contributed by atoms with Crippen LogP contribution in [0.1, 0.15) is 24.1 Å². The van der Waals surface area contributed by atoms with Crippen LogP contribution >= 0.6 is 0 Å². The summed E-state index contributed by atoms with van der Waals surface area (Å²) in [5, 5.41) is 3.46. The molecular weight excluding hydrogens is 316 g/mol. The summed E-state index contributed by atoms with van der Waals surface area (Å²) < 4.78 is 5.43. The lowest BCUT2D eigenvalue weighted by molar-refractivity contribution is 0.0423. The molecule has 0 radical (unpaired) electrons. The minimum absolute atomic E-state index is 0.421. The summed E-state index contributed by atoms with van der Waals surface area (Å²) in [7, 11) is 1.80. The van der Waals surface area contributed by atoms with Gasteiger partial charge in [0.2, 0.25) is 0 Å². The van der Waals surface area contributed by atoms with Gasteiger partial charge in [0.05, 0.1) is 6.10 Å². The highest BCUT2D eigenvalue weighted by Gasteiger charge is 2.18. The lowest BCUT2D eigenvalue weighted by atomic mass is 10.1. The molecule has 0 aliphatic carbocycles. The molecule has 3 heterocycles. The van der Waals surface area contributed by atoms with Crippen LogP contribution in [0.5, 0.6) is 0 Å². The maximum atomic E-state index is 5.43. The first-order valence-corrected chi connectivity index (χ1v) is 8.79. The molecule has 1 aliphatic heterocycles. The maximum Gasteiger partial charge on any atom is 0.199 e. The fourth-order valence-corrected chi connectivity index (χ4v) is 3.02. The lowest BCUT2D eigenvalue weighted by Gasteiger charge is -2.31. The molecule has 1 saturated heterocycles. The Hall–Kier alpha value is -2.12. The zero-order valence-electron chi connectivity index (χ0n) is 15.2. The monoisotopic (exact) mass is 342 g/mol. The molecule has 0 bridgehead atoms.